The number of nitrogens with zero attached hydrogens (tertiary/aromatic N) is 4. The van der Waals surface area contributed by atoms with Crippen molar-refractivity contribution in [3.05, 3.63) is 47.7 Å². The molecule has 10 nitrogen and oxygen atoms in total. The number of rotatable bonds is 5. The van der Waals surface area contributed by atoms with Crippen LogP contribution >= 0.6 is 0 Å². The maximum atomic E-state index is 13.3. The van der Waals surface area contributed by atoms with Crippen molar-refractivity contribution >= 4 is 37.3 Å². The highest BCUT2D eigenvalue weighted by molar-refractivity contribution is 7.92. The van der Waals surface area contributed by atoms with Crippen LogP contribution in [0.5, 0.6) is 0 Å². The molecule has 0 unspecified atom stereocenters. The van der Waals surface area contributed by atoms with E-state index in [9.17, 15) is 21.6 Å². The predicted molar refractivity (Wildman–Crippen MR) is 121 cm³/mol. The number of pyridine rings is 1. The molecule has 4 rings (SSSR count). The van der Waals surface area contributed by atoms with E-state index >= 15 is 0 Å². The van der Waals surface area contributed by atoms with Gasteiger partial charge in [-0.3, -0.25) is 9.10 Å². The van der Waals surface area contributed by atoms with Crippen LogP contribution in [0.1, 0.15) is 16.1 Å². The van der Waals surface area contributed by atoms with Crippen molar-refractivity contribution in [1.29, 1.82) is 0 Å². The van der Waals surface area contributed by atoms with Crippen molar-refractivity contribution in [2.45, 2.75) is 11.4 Å². The van der Waals surface area contributed by atoms with Gasteiger partial charge in [-0.15, -0.1) is 0 Å². The van der Waals surface area contributed by atoms with Crippen LogP contribution in [0.25, 0.3) is 0 Å². The smallest absolute Gasteiger partial charge is 0.260 e. The lowest BCUT2D eigenvalue weighted by molar-refractivity contribution is 0.0990. The van der Waals surface area contributed by atoms with Gasteiger partial charge in [-0.1, -0.05) is 12.1 Å². The zero-order chi connectivity index (χ0) is 23.1. The number of carbonyl (C=O) groups is 1. The fourth-order valence-electron chi connectivity index (χ4n) is 3.87. The first-order valence-corrected chi connectivity index (χ1v) is 13.4. The van der Waals surface area contributed by atoms with Gasteiger partial charge < -0.3 is 10.2 Å². The Labute approximate surface area is 187 Å². The van der Waals surface area contributed by atoms with Gasteiger partial charge in [0, 0.05) is 46.2 Å². The Morgan fingerprint density at radius 2 is 1.72 bits per heavy atom. The molecule has 1 fully saturated rings. The lowest BCUT2D eigenvalue weighted by Gasteiger charge is -2.26. The van der Waals surface area contributed by atoms with E-state index in [4.69, 9.17) is 0 Å². The van der Waals surface area contributed by atoms with Crippen LogP contribution in [-0.2, 0) is 26.5 Å². The molecular weight excluding hydrogens is 454 g/mol. The first-order valence-electron chi connectivity index (χ1n) is 10.2. The molecule has 2 aromatic rings. The summed E-state index contributed by atoms with van der Waals surface area (Å²) in [4.78, 5) is 19.2. The summed E-state index contributed by atoms with van der Waals surface area (Å²) in [5.41, 5.74) is 1.58. The van der Waals surface area contributed by atoms with E-state index in [1.165, 1.54) is 22.3 Å². The molecule has 1 saturated heterocycles. The van der Waals surface area contributed by atoms with E-state index in [0.29, 0.717) is 50.5 Å². The van der Waals surface area contributed by atoms with Crippen molar-refractivity contribution in [3.63, 3.8) is 0 Å². The van der Waals surface area contributed by atoms with Crippen molar-refractivity contribution in [2.75, 3.05) is 55.2 Å². The number of fused-ring (bicyclic) bond motifs is 1. The third kappa shape index (κ3) is 4.10. The Bertz CT molecular complexity index is 1260. The van der Waals surface area contributed by atoms with Gasteiger partial charge in [0.25, 0.3) is 15.9 Å². The summed E-state index contributed by atoms with van der Waals surface area (Å²) < 4.78 is 52.4. The number of para-hydroxylation sites is 1. The molecule has 0 atom stereocenters. The second-order valence-corrected chi connectivity index (χ2v) is 11.6. The van der Waals surface area contributed by atoms with E-state index in [0.717, 1.165) is 10.6 Å². The highest BCUT2D eigenvalue weighted by Gasteiger charge is 2.33. The first-order chi connectivity index (χ1) is 15.1. The number of hydrogen-bond acceptors (Lipinski definition) is 7. The quantitative estimate of drug-likeness (QED) is 0.654. The van der Waals surface area contributed by atoms with Crippen LogP contribution in [0.3, 0.4) is 0 Å². The van der Waals surface area contributed by atoms with E-state index in [1.807, 2.05) is 0 Å². The fourth-order valence-corrected chi connectivity index (χ4v) is 5.78. The highest BCUT2D eigenvalue weighted by atomic mass is 32.2. The lowest BCUT2D eigenvalue weighted by atomic mass is 10.1. The summed E-state index contributed by atoms with van der Waals surface area (Å²) in [6, 6.07) is 9.52. The van der Waals surface area contributed by atoms with Crippen LogP contribution < -0.4 is 14.5 Å². The van der Waals surface area contributed by atoms with E-state index in [-0.39, 0.29) is 22.2 Å². The van der Waals surface area contributed by atoms with Crippen LogP contribution in [0, 0.1) is 0 Å². The minimum atomic E-state index is -3.70. The molecule has 12 heteroatoms. The van der Waals surface area contributed by atoms with Gasteiger partial charge in [-0.25, -0.2) is 21.8 Å². The van der Waals surface area contributed by atoms with Gasteiger partial charge in [0.2, 0.25) is 10.0 Å². The molecule has 2 aliphatic heterocycles. The molecule has 1 N–H and O–H groups in total. The summed E-state index contributed by atoms with van der Waals surface area (Å²) >= 11 is 0. The number of aromatic nitrogens is 1. The molecule has 1 aromatic heterocycles. The van der Waals surface area contributed by atoms with E-state index < -0.39 is 20.0 Å². The van der Waals surface area contributed by atoms with Crippen molar-refractivity contribution in [2.24, 2.45) is 0 Å². The molecule has 0 spiro atoms. The molecule has 1 aromatic carbocycles. The van der Waals surface area contributed by atoms with Crippen LogP contribution in [-0.4, -0.2) is 78.1 Å². The summed E-state index contributed by atoms with van der Waals surface area (Å²) in [6.45, 7) is 2.28. The molecule has 172 valence electrons. The number of nitrogens with one attached hydrogen (secondary N) is 1. The van der Waals surface area contributed by atoms with Gasteiger partial charge in [-0.2, -0.15) is 4.31 Å². The number of carbonyl (C=O) groups excluding carboxylic acids is 1. The minimum absolute atomic E-state index is 0.0235. The second-order valence-electron chi connectivity index (χ2n) is 7.72. The number of benzene rings is 1. The summed E-state index contributed by atoms with van der Waals surface area (Å²) in [5.74, 6) is -0.366. The molecule has 2 aliphatic rings. The average Bonchev–Trinajstić information content (AvgIpc) is 3.21. The molecule has 0 saturated carbocycles. The lowest BCUT2D eigenvalue weighted by Crippen LogP contribution is -2.46. The first kappa shape index (κ1) is 22.6. The topological polar surface area (TPSA) is 120 Å². The number of amides is 1. The Hall–Kier alpha value is -2.54. The van der Waals surface area contributed by atoms with Crippen LogP contribution in [0.2, 0.25) is 0 Å². The molecule has 0 aliphatic carbocycles. The van der Waals surface area contributed by atoms with Gasteiger partial charge in [-0.05, 0) is 24.3 Å². The number of anilines is 2. The van der Waals surface area contributed by atoms with Crippen molar-refractivity contribution in [1.82, 2.24) is 14.6 Å². The third-order valence-electron chi connectivity index (χ3n) is 5.68. The SMILES string of the molecule is CN(c1ccccc1C(=O)N1CCc2nc(S(=O)(=O)N3CCNCC3)ccc21)S(C)(=O)=O. The predicted octanol–water partition coefficient (Wildman–Crippen LogP) is 0.274. The third-order valence-corrected chi connectivity index (χ3v) is 8.68. The molecule has 0 radical (unpaired) electrons. The van der Waals surface area contributed by atoms with Gasteiger partial charge >= 0.3 is 0 Å². The zero-order valence-corrected chi connectivity index (χ0v) is 19.5. The second kappa shape index (κ2) is 8.43. The Morgan fingerprint density at radius 3 is 2.41 bits per heavy atom. The molecule has 0 bridgehead atoms. The largest absolute Gasteiger partial charge is 0.314 e. The molecule has 32 heavy (non-hydrogen) atoms. The standard InChI is InChI=1S/C20H25N5O5S2/c1-23(31(2,27)28)17-6-4-3-5-15(17)20(26)25-12-9-16-18(25)7-8-19(22-16)32(29,30)24-13-10-21-11-14-24/h3-8,21H,9-14H2,1-2H3. The van der Waals surface area contributed by atoms with Crippen molar-refractivity contribution in [3.8, 4) is 0 Å². The van der Waals surface area contributed by atoms with Crippen molar-refractivity contribution < 1.29 is 21.6 Å². The van der Waals surface area contributed by atoms with Crippen LogP contribution in [0.15, 0.2) is 41.4 Å². The maximum absolute atomic E-state index is 13.3. The van der Waals surface area contributed by atoms with Crippen LogP contribution in [0.4, 0.5) is 11.4 Å². The number of hydrogen-bond donors (Lipinski definition) is 1. The molecule has 3 heterocycles. The molecule has 1 amide bonds. The average molecular weight is 480 g/mol. The van der Waals surface area contributed by atoms with E-state index in [2.05, 4.69) is 10.3 Å². The Balaban J connectivity index is 1.65. The van der Waals surface area contributed by atoms with Gasteiger partial charge in [0.05, 0.1) is 28.9 Å². The highest BCUT2D eigenvalue weighted by Crippen LogP contribution is 2.32. The zero-order valence-electron chi connectivity index (χ0n) is 17.9. The van der Waals surface area contributed by atoms with E-state index in [1.54, 1.807) is 30.3 Å². The number of piperazine rings is 1. The fraction of sp³-hybridized carbons (Fsp3) is 0.400. The Kier molecular flexibility index (Phi) is 5.96. The van der Waals surface area contributed by atoms with Gasteiger partial charge in [0.15, 0.2) is 5.03 Å². The number of sulfonamides is 2. The van der Waals surface area contributed by atoms with Gasteiger partial charge in [0.1, 0.15) is 0 Å². The minimum Gasteiger partial charge on any atom is -0.314 e. The monoisotopic (exact) mass is 479 g/mol. The Morgan fingerprint density at radius 1 is 1.03 bits per heavy atom. The summed E-state index contributed by atoms with van der Waals surface area (Å²) in [7, 11) is -5.86. The normalized spacial score (nSPS) is 17.2. The maximum Gasteiger partial charge on any atom is 0.260 e. The summed E-state index contributed by atoms with van der Waals surface area (Å²) in [6.07, 6.45) is 1.49. The molecular formula is C20H25N5O5S2. The summed E-state index contributed by atoms with van der Waals surface area (Å²) in [5, 5.41) is 3.10.